The fraction of sp³-hybridized carbons (Fsp3) is 0.190. The Kier molecular flexibility index (Phi) is 11.8. The molecule has 0 bridgehead atoms. The zero-order valence-electron chi connectivity index (χ0n) is 17.9. The topological polar surface area (TPSA) is 169 Å². The number of carbonyl (C=O) groups is 3. The number of fused-ring (bicyclic) bond motifs is 1. The number of Topliss-reactive ketones (excluding diaryl/α,β-unsaturated/α-hetero) is 1. The van der Waals surface area contributed by atoms with Gasteiger partial charge in [-0.05, 0) is 35.0 Å². The quantitative estimate of drug-likeness (QED) is 0.134. The molecule has 2 amide bonds. The van der Waals surface area contributed by atoms with E-state index in [1.54, 1.807) is 36.4 Å². The number of nitrogens with one attached hydrogen (secondary N) is 3. The monoisotopic (exact) mass is 702 g/mol. The molecule has 11 nitrogen and oxygen atoms in total. The Morgan fingerprint density at radius 1 is 1.09 bits per heavy atom. The van der Waals surface area contributed by atoms with Crippen molar-refractivity contribution in [1.29, 1.82) is 0 Å². The first-order valence-electron chi connectivity index (χ1n) is 9.78. The van der Waals surface area contributed by atoms with Crippen molar-refractivity contribution < 1.29 is 40.2 Å². The van der Waals surface area contributed by atoms with Gasteiger partial charge in [-0.1, -0.05) is 24.7 Å². The molecule has 1 heterocycles. The number of amides is 2. The molecular formula is C21H19Cl2N5O6Pt. The second kappa shape index (κ2) is 14.5. The number of anilines is 1. The number of furan rings is 1. The van der Waals surface area contributed by atoms with E-state index in [4.69, 9.17) is 29.0 Å². The summed E-state index contributed by atoms with van der Waals surface area (Å²) in [6.45, 7) is 0.124. The van der Waals surface area contributed by atoms with Crippen LogP contribution in [0, 0.1) is 10.1 Å². The summed E-state index contributed by atoms with van der Waals surface area (Å²) in [4.78, 5) is 46.1. The van der Waals surface area contributed by atoms with Crippen LogP contribution in [0.5, 0.6) is 0 Å². The third-order valence-electron chi connectivity index (χ3n) is 4.38. The van der Waals surface area contributed by atoms with Crippen molar-refractivity contribution in [2.45, 2.75) is 0 Å². The first kappa shape index (κ1) is 28.4. The van der Waals surface area contributed by atoms with Crippen LogP contribution in [-0.4, -0.2) is 48.7 Å². The van der Waals surface area contributed by atoms with Crippen LogP contribution in [0.1, 0.15) is 20.9 Å². The third-order valence-corrected chi connectivity index (χ3v) is 4.38. The Morgan fingerprint density at radius 3 is 2.43 bits per heavy atom. The fourth-order valence-electron chi connectivity index (χ4n) is 2.85. The summed E-state index contributed by atoms with van der Waals surface area (Å²) in [5.74, 6) is -2.18. The molecule has 188 valence electrons. The number of benzene rings is 2. The van der Waals surface area contributed by atoms with Crippen LogP contribution in [-0.2, 0) is 21.3 Å². The van der Waals surface area contributed by atoms with Crippen LogP contribution in [0.25, 0.3) is 21.8 Å². The van der Waals surface area contributed by atoms with Gasteiger partial charge in [0.05, 0.1) is 12.6 Å². The zero-order chi connectivity index (χ0) is 25.8. The molecule has 0 saturated heterocycles. The normalized spacial score (nSPS) is 10.4. The molecule has 0 spiro atoms. The van der Waals surface area contributed by atoms with Gasteiger partial charge in [0.2, 0.25) is 5.91 Å². The van der Waals surface area contributed by atoms with Crippen LogP contribution in [0.3, 0.4) is 0 Å². The second-order valence-corrected chi connectivity index (χ2v) is 10.0. The van der Waals surface area contributed by atoms with Crippen LogP contribution in [0.4, 0.5) is 11.6 Å². The van der Waals surface area contributed by atoms with Gasteiger partial charge in [-0.15, -0.1) is 0 Å². The van der Waals surface area contributed by atoms with E-state index < -0.39 is 33.2 Å². The molecule has 0 aliphatic heterocycles. The molecule has 0 aliphatic rings. The Bertz CT molecular complexity index is 1210. The summed E-state index contributed by atoms with van der Waals surface area (Å²) in [7, 11) is 9.75. The van der Waals surface area contributed by atoms with Crippen LogP contribution in [0.2, 0.25) is 0 Å². The predicted molar refractivity (Wildman–Crippen MR) is 129 cm³/mol. The summed E-state index contributed by atoms with van der Waals surface area (Å²) in [6, 6.07) is 12.4. The average Bonchev–Trinajstić information content (AvgIpc) is 3.33. The molecule has 35 heavy (non-hydrogen) atoms. The van der Waals surface area contributed by atoms with Gasteiger partial charge < -0.3 is 26.1 Å². The largest absolute Gasteiger partial charge is 0.679 e. The molecule has 3 aromatic rings. The van der Waals surface area contributed by atoms with E-state index >= 15 is 0 Å². The molecule has 2 aromatic carbocycles. The van der Waals surface area contributed by atoms with Gasteiger partial charge in [0.25, 0.3) is 5.91 Å². The van der Waals surface area contributed by atoms with Crippen LogP contribution >= 0.6 is 18.8 Å². The van der Waals surface area contributed by atoms with E-state index in [9.17, 15) is 24.5 Å². The Hall–Kier alpha value is -2.82. The SMILES string of the molecule is [Cl][Pt+2][Cl].[NH-]CC[N-]CC(=O)Nc1ccc2cc(C(=O)CNC(=O)c3ccc([N+](=O)[O-])o3)ccc2c1. The number of carbonyl (C=O) groups excluding carboxylic acids is 3. The maximum Gasteiger partial charge on any atom is 0.433 e. The summed E-state index contributed by atoms with van der Waals surface area (Å²) in [5, 5.41) is 21.2. The number of hydrogen-bond donors (Lipinski definition) is 2. The van der Waals surface area contributed by atoms with Crippen molar-refractivity contribution >= 4 is 58.8 Å². The predicted octanol–water partition coefficient (Wildman–Crippen LogP) is 4.69. The Balaban J connectivity index is 0.00000137. The molecule has 0 unspecified atom stereocenters. The van der Waals surface area contributed by atoms with Gasteiger partial charge in [-0.25, -0.2) is 0 Å². The second-order valence-electron chi connectivity index (χ2n) is 6.73. The Labute approximate surface area is 216 Å². The minimum Gasteiger partial charge on any atom is -0.679 e. The standard InChI is InChI=1S/C21H19N5O6.2ClH.Pt/c22-7-8-23-12-19(28)25-16-4-3-13-9-15(2-1-14(13)10-16)17(27)11-24-21(29)18-5-6-20(32-18)26(30)31;;;/h1-6,9-10,22H,7-8,11-12H2,(H,24,29)(H,25,28);2*1H;/q-2;;;+4/p-2. The number of ketones is 1. The molecular weight excluding hydrogens is 684 g/mol. The molecule has 0 saturated carbocycles. The molecule has 14 heteroatoms. The van der Waals surface area contributed by atoms with Crippen molar-refractivity contribution in [2.75, 3.05) is 31.5 Å². The molecule has 3 rings (SSSR count). The number of nitrogens with zero attached hydrogens (tertiary/aromatic N) is 2. The van der Waals surface area contributed by atoms with Gasteiger partial charge in [0.1, 0.15) is 4.92 Å². The van der Waals surface area contributed by atoms with Gasteiger partial charge in [-0.3, -0.25) is 24.5 Å². The van der Waals surface area contributed by atoms with Crippen molar-refractivity contribution in [2.24, 2.45) is 0 Å². The van der Waals surface area contributed by atoms with E-state index in [0.717, 1.165) is 22.9 Å². The maximum absolute atomic E-state index is 12.4. The summed E-state index contributed by atoms with van der Waals surface area (Å²) < 4.78 is 4.80. The van der Waals surface area contributed by atoms with Crippen molar-refractivity contribution in [3.05, 3.63) is 81.0 Å². The van der Waals surface area contributed by atoms with Crippen LogP contribution in [0.15, 0.2) is 52.9 Å². The first-order chi connectivity index (χ1) is 16.8. The smallest absolute Gasteiger partial charge is 0.433 e. The number of rotatable bonds is 10. The average molecular weight is 703 g/mol. The number of hydrogen-bond acceptors (Lipinski definition) is 6. The summed E-state index contributed by atoms with van der Waals surface area (Å²) in [6.07, 6.45) is 0. The molecule has 3 N–H and O–H groups in total. The molecule has 1 aromatic heterocycles. The van der Waals surface area contributed by atoms with Crippen molar-refractivity contribution in [1.82, 2.24) is 5.32 Å². The molecule has 0 aliphatic carbocycles. The fourth-order valence-corrected chi connectivity index (χ4v) is 2.85. The summed E-state index contributed by atoms with van der Waals surface area (Å²) in [5.41, 5.74) is 7.97. The van der Waals surface area contributed by atoms with Crippen LogP contribution < -0.4 is 10.6 Å². The van der Waals surface area contributed by atoms with E-state index in [0.29, 0.717) is 17.8 Å². The van der Waals surface area contributed by atoms with Crippen molar-refractivity contribution in [3.63, 3.8) is 0 Å². The van der Waals surface area contributed by atoms with E-state index in [2.05, 4.69) is 16.0 Å². The van der Waals surface area contributed by atoms with Gasteiger partial charge in [-0.2, -0.15) is 13.1 Å². The first-order valence-corrected chi connectivity index (χ1v) is 15.4. The zero-order valence-corrected chi connectivity index (χ0v) is 21.6. The molecule has 0 fully saturated rings. The van der Waals surface area contributed by atoms with E-state index in [1.807, 2.05) is 0 Å². The van der Waals surface area contributed by atoms with Gasteiger partial charge in [0, 0.05) is 11.3 Å². The Morgan fingerprint density at radius 2 is 1.77 bits per heavy atom. The minimum atomic E-state index is -0.761. The van der Waals surface area contributed by atoms with E-state index in [1.165, 1.54) is 0 Å². The maximum atomic E-state index is 12.4. The number of halogens is 2. The molecule has 0 radical (unpaired) electrons. The van der Waals surface area contributed by atoms with Gasteiger partial charge >= 0.3 is 41.2 Å². The molecule has 0 atom stereocenters. The summed E-state index contributed by atoms with van der Waals surface area (Å²) >= 11 is -0.472. The van der Waals surface area contributed by atoms with Crippen molar-refractivity contribution in [3.8, 4) is 0 Å². The third kappa shape index (κ3) is 9.04. The minimum absolute atomic E-state index is 0.0125. The number of nitro groups is 1. The van der Waals surface area contributed by atoms with E-state index in [-0.39, 0.29) is 37.1 Å². The van der Waals surface area contributed by atoms with Gasteiger partial charge in [0.15, 0.2) is 11.5 Å².